The minimum atomic E-state index is -3.73. The summed E-state index contributed by atoms with van der Waals surface area (Å²) >= 11 is 5.86. The van der Waals surface area contributed by atoms with Crippen LogP contribution < -0.4 is 19.7 Å². The van der Waals surface area contributed by atoms with Crippen LogP contribution in [0.25, 0.3) is 0 Å². The second-order valence-electron chi connectivity index (χ2n) is 5.05. The van der Waals surface area contributed by atoms with Gasteiger partial charge in [-0.3, -0.25) is 0 Å². The Hall–Kier alpha value is -2.46. The van der Waals surface area contributed by atoms with Crippen LogP contribution >= 0.6 is 19.3 Å². The van der Waals surface area contributed by atoms with Crippen molar-refractivity contribution in [3.63, 3.8) is 0 Å². The first-order chi connectivity index (χ1) is 12.1. The molecule has 0 atom stereocenters. The number of halogens is 1. The molecule has 0 aliphatic rings. The number of anilines is 1. The standard InChI is InChI=1S/C18H16ClN2O3P/c19-15-11-13-16(14-12-15)20-21-25(22,23-17-7-3-1-4-8-17)24-18-9-5-2-6-10-18/h1-14,20H,(H,21,22). The highest BCUT2D eigenvalue weighted by Crippen LogP contribution is 2.44. The lowest BCUT2D eigenvalue weighted by Crippen LogP contribution is -2.24. The topological polar surface area (TPSA) is 59.6 Å². The molecule has 128 valence electrons. The number of rotatable bonds is 7. The van der Waals surface area contributed by atoms with Crippen LogP contribution in [0.3, 0.4) is 0 Å². The summed E-state index contributed by atoms with van der Waals surface area (Å²) in [6.07, 6.45) is 0. The van der Waals surface area contributed by atoms with Crippen LogP contribution in [-0.4, -0.2) is 0 Å². The van der Waals surface area contributed by atoms with E-state index in [-0.39, 0.29) is 0 Å². The maximum absolute atomic E-state index is 13.1. The van der Waals surface area contributed by atoms with Gasteiger partial charge in [-0.05, 0) is 48.5 Å². The summed E-state index contributed by atoms with van der Waals surface area (Å²) in [5.41, 5.74) is 3.50. The number of benzene rings is 3. The fourth-order valence-corrected chi connectivity index (χ4v) is 3.29. The van der Waals surface area contributed by atoms with Crippen LogP contribution in [0.1, 0.15) is 0 Å². The zero-order valence-electron chi connectivity index (χ0n) is 13.1. The highest BCUT2D eigenvalue weighted by atomic mass is 35.5. The molecule has 0 fully saturated rings. The van der Waals surface area contributed by atoms with Gasteiger partial charge in [-0.25, -0.2) is 4.57 Å². The van der Waals surface area contributed by atoms with Gasteiger partial charge >= 0.3 is 7.75 Å². The number of hydrogen-bond donors (Lipinski definition) is 2. The average Bonchev–Trinajstić information content (AvgIpc) is 2.63. The first kappa shape index (κ1) is 17.4. The summed E-state index contributed by atoms with van der Waals surface area (Å²) in [5, 5.41) is 3.25. The van der Waals surface area contributed by atoms with E-state index in [0.29, 0.717) is 22.2 Å². The molecule has 3 aromatic rings. The highest BCUT2D eigenvalue weighted by Gasteiger charge is 2.28. The van der Waals surface area contributed by atoms with Crippen LogP contribution in [0, 0.1) is 0 Å². The normalized spacial score (nSPS) is 10.9. The maximum atomic E-state index is 13.1. The van der Waals surface area contributed by atoms with Crippen molar-refractivity contribution < 1.29 is 13.6 Å². The molecule has 0 radical (unpaired) electrons. The van der Waals surface area contributed by atoms with Crippen LogP contribution in [0.2, 0.25) is 5.02 Å². The lowest BCUT2D eigenvalue weighted by molar-refractivity contribution is 0.375. The van der Waals surface area contributed by atoms with Gasteiger partial charge in [0.1, 0.15) is 11.5 Å². The van der Waals surface area contributed by atoms with Crippen molar-refractivity contribution >= 4 is 25.0 Å². The monoisotopic (exact) mass is 374 g/mol. The van der Waals surface area contributed by atoms with Gasteiger partial charge in [0, 0.05) is 10.7 Å². The predicted molar refractivity (Wildman–Crippen MR) is 100.0 cm³/mol. The molecule has 0 unspecified atom stereocenters. The Morgan fingerprint density at radius 1 is 0.720 bits per heavy atom. The first-order valence-electron chi connectivity index (χ1n) is 7.51. The Bertz CT molecular complexity index is 800. The number of para-hydroxylation sites is 2. The van der Waals surface area contributed by atoms with Crippen molar-refractivity contribution in [2.24, 2.45) is 0 Å². The van der Waals surface area contributed by atoms with Crippen molar-refractivity contribution in [3.05, 3.63) is 90.0 Å². The van der Waals surface area contributed by atoms with Crippen molar-refractivity contribution in [3.8, 4) is 11.5 Å². The third kappa shape index (κ3) is 5.26. The van der Waals surface area contributed by atoms with Gasteiger partial charge in [0.15, 0.2) is 0 Å². The van der Waals surface area contributed by atoms with Gasteiger partial charge in [-0.1, -0.05) is 48.0 Å². The van der Waals surface area contributed by atoms with Crippen molar-refractivity contribution in [1.29, 1.82) is 0 Å². The summed E-state index contributed by atoms with van der Waals surface area (Å²) < 4.78 is 24.3. The molecule has 0 aliphatic heterocycles. The Labute approximate surface area is 151 Å². The Morgan fingerprint density at radius 2 is 1.20 bits per heavy atom. The molecule has 0 aliphatic carbocycles. The maximum Gasteiger partial charge on any atom is 0.530 e. The van der Waals surface area contributed by atoms with Gasteiger partial charge in [0.05, 0.1) is 0 Å². The van der Waals surface area contributed by atoms with E-state index in [1.807, 2.05) is 12.1 Å². The molecule has 0 saturated carbocycles. The van der Waals surface area contributed by atoms with Gasteiger partial charge in [0.2, 0.25) is 0 Å². The van der Waals surface area contributed by atoms with E-state index in [2.05, 4.69) is 10.6 Å². The van der Waals surface area contributed by atoms with Crippen LogP contribution in [0.15, 0.2) is 84.9 Å². The van der Waals surface area contributed by atoms with E-state index in [4.69, 9.17) is 20.6 Å². The van der Waals surface area contributed by atoms with E-state index in [1.165, 1.54) is 0 Å². The molecule has 0 saturated heterocycles. The highest BCUT2D eigenvalue weighted by molar-refractivity contribution is 7.52. The lowest BCUT2D eigenvalue weighted by atomic mass is 10.3. The fourth-order valence-electron chi connectivity index (χ4n) is 1.97. The molecule has 3 rings (SSSR count). The molecular formula is C18H16ClN2O3P. The van der Waals surface area contributed by atoms with E-state index in [9.17, 15) is 4.57 Å². The molecule has 0 heterocycles. The van der Waals surface area contributed by atoms with Gasteiger partial charge in [-0.15, -0.1) is 5.20 Å². The Morgan fingerprint density at radius 3 is 1.68 bits per heavy atom. The second-order valence-corrected chi connectivity index (χ2v) is 7.07. The average molecular weight is 375 g/mol. The molecular weight excluding hydrogens is 359 g/mol. The second kappa shape index (κ2) is 8.08. The molecule has 5 nitrogen and oxygen atoms in total. The van der Waals surface area contributed by atoms with Crippen molar-refractivity contribution in [1.82, 2.24) is 5.20 Å². The molecule has 3 aromatic carbocycles. The number of hydrazine groups is 1. The Kier molecular flexibility index (Phi) is 5.61. The van der Waals surface area contributed by atoms with Crippen LogP contribution in [0.4, 0.5) is 5.69 Å². The summed E-state index contributed by atoms with van der Waals surface area (Å²) in [4.78, 5) is 0. The zero-order valence-corrected chi connectivity index (χ0v) is 14.8. The molecule has 0 aromatic heterocycles. The summed E-state index contributed by atoms with van der Waals surface area (Å²) in [6.45, 7) is 0. The molecule has 2 N–H and O–H groups in total. The minimum absolute atomic E-state index is 0.423. The zero-order chi connectivity index (χ0) is 17.5. The van der Waals surface area contributed by atoms with E-state index in [1.54, 1.807) is 72.8 Å². The largest absolute Gasteiger partial charge is 0.530 e. The summed E-state index contributed by atoms with van der Waals surface area (Å²) in [5.74, 6) is 0.847. The van der Waals surface area contributed by atoms with E-state index in [0.717, 1.165) is 0 Å². The molecule has 7 heteroatoms. The fraction of sp³-hybridized carbons (Fsp3) is 0. The van der Waals surface area contributed by atoms with Crippen molar-refractivity contribution in [2.75, 3.05) is 5.43 Å². The summed E-state index contributed by atoms with van der Waals surface area (Å²) in [7, 11) is -3.73. The van der Waals surface area contributed by atoms with Gasteiger partial charge < -0.3 is 14.5 Å². The van der Waals surface area contributed by atoms with E-state index < -0.39 is 7.75 Å². The first-order valence-corrected chi connectivity index (χ1v) is 9.43. The third-order valence-corrected chi connectivity index (χ3v) is 4.66. The van der Waals surface area contributed by atoms with Crippen molar-refractivity contribution in [2.45, 2.75) is 0 Å². The molecule has 25 heavy (non-hydrogen) atoms. The quantitative estimate of drug-likeness (QED) is 0.421. The van der Waals surface area contributed by atoms with Crippen LogP contribution in [0.5, 0.6) is 11.5 Å². The van der Waals surface area contributed by atoms with Gasteiger partial charge in [-0.2, -0.15) is 0 Å². The SMILES string of the molecule is O=P(NNc1ccc(Cl)cc1)(Oc1ccccc1)Oc1ccccc1. The predicted octanol–water partition coefficient (Wildman–Crippen LogP) is 5.52. The van der Waals surface area contributed by atoms with Crippen LogP contribution in [-0.2, 0) is 4.57 Å². The molecule has 0 spiro atoms. The minimum Gasteiger partial charge on any atom is -0.404 e. The van der Waals surface area contributed by atoms with Gasteiger partial charge in [0.25, 0.3) is 0 Å². The number of nitrogens with one attached hydrogen (secondary N) is 2. The number of hydrogen-bond acceptors (Lipinski definition) is 4. The smallest absolute Gasteiger partial charge is 0.404 e. The lowest BCUT2D eigenvalue weighted by Gasteiger charge is -2.21. The molecule has 0 bridgehead atoms. The molecule has 0 amide bonds. The third-order valence-electron chi connectivity index (χ3n) is 3.12. The summed E-state index contributed by atoms with van der Waals surface area (Å²) in [6, 6.07) is 24.5. The Balaban J connectivity index is 1.77. The van der Waals surface area contributed by atoms with E-state index >= 15 is 0 Å².